The minimum Gasteiger partial charge on any atom is -0.408 e. The molecule has 15 heavy (non-hydrogen) atoms. The molecular weight excluding hydrogens is 187 g/mol. The van der Waals surface area contributed by atoms with Crippen molar-refractivity contribution in [2.24, 2.45) is 0 Å². The highest BCUT2D eigenvalue weighted by atomic mass is 16.6. The number of aryl methyl sites for hydroxylation is 1. The summed E-state index contributed by atoms with van der Waals surface area (Å²) in [7, 11) is -0.212. The first-order valence-corrected chi connectivity index (χ1v) is 5.64. The molecule has 1 aromatic carbocycles. The van der Waals surface area contributed by atoms with Gasteiger partial charge in [-0.1, -0.05) is 31.2 Å². The van der Waals surface area contributed by atoms with E-state index >= 15 is 0 Å². The van der Waals surface area contributed by atoms with Crippen molar-refractivity contribution < 1.29 is 9.31 Å². The summed E-state index contributed by atoms with van der Waals surface area (Å²) < 4.78 is 11.2. The van der Waals surface area contributed by atoms with E-state index in [1.54, 1.807) is 0 Å². The Bertz CT molecular complexity index is 283. The van der Waals surface area contributed by atoms with Gasteiger partial charge in [-0.05, 0) is 31.3 Å². The van der Waals surface area contributed by atoms with Crippen molar-refractivity contribution in [1.29, 1.82) is 0 Å². The van der Waals surface area contributed by atoms with Crippen molar-refractivity contribution in [3.63, 3.8) is 0 Å². The van der Waals surface area contributed by atoms with Crippen LogP contribution in [0, 0.1) is 0 Å². The summed E-state index contributed by atoms with van der Waals surface area (Å²) in [5.74, 6) is 0. The molecule has 0 bridgehead atoms. The molecule has 0 aromatic heterocycles. The molecule has 0 aliphatic carbocycles. The van der Waals surface area contributed by atoms with Crippen molar-refractivity contribution >= 4 is 12.6 Å². The lowest BCUT2D eigenvalue weighted by Crippen LogP contribution is -2.39. The van der Waals surface area contributed by atoms with Gasteiger partial charge in [0.05, 0.1) is 0 Å². The lowest BCUT2D eigenvalue weighted by molar-refractivity contribution is 0.225. The number of benzene rings is 1. The van der Waals surface area contributed by atoms with Crippen LogP contribution in [0.25, 0.3) is 0 Å². The van der Waals surface area contributed by atoms with Crippen LogP contribution in [-0.2, 0) is 15.7 Å². The lowest BCUT2D eigenvalue weighted by Gasteiger charge is -2.15. The Labute approximate surface area is 92.7 Å². The predicted molar refractivity (Wildman–Crippen MR) is 64.5 cm³/mol. The molecule has 0 heterocycles. The largest absolute Gasteiger partial charge is 0.494 e. The third kappa shape index (κ3) is 3.36. The molecule has 0 amide bonds. The van der Waals surface area contributed by atoms with Gasteiger partial charge in [0.1, 0.15) is 0 Å². The second kappa shape index (κ2) is 6.65. The molecule has 0 unspecified atom stereocenters. The van der Waals surface area contributed by atoms with E-state index in [4.69, 9.17) is 9.31 Å². The van der Waals surface area contributed by atoms with Crippen molar-refractivity contribution in [2.45, 2.75) is 27.2 Å². The first-order chi connectivity index (χ1) is 7.33. The Kier molecular flexibility index (Phi) is 5.44. The van der Waals surface area contributed by atoms with Crippen LogP contribution < -0.4 is 5.46 Å². The maximum Gasteiger partial charge on any atom is 0.494 e. The highest BCUT2D eigenvalue weighted by molar-refractivity contribution is 6.61. The van der Waals surface area contributed by atoms with Crippen LogP contribution in [0.5, 0.6) is 0 Å². The maximum absolute atomic E-state index is 5.59. The van der Waals surface area contributed by atoms with Crippen LogP contribution in [0.15, 0.2) is 24.3 Å². The monoisotopic (exact) mass is 206 g/mol. The Balaban J connectivity index is 2.88. The second-order valence-corrected chi connectivity index (χ2v) is 3.29. The molecule has 82 valence electrons. The molecule has 0 radical (unpaired) electrons. The summed E-state index contributed by atoms with van der Waals surface area (Å²) >= 11 is 0. The van der Waals surface area contributed by atoms with E-state index in [9.17, 15) is 0 Å². The van der Waals surface area contributed by atoms with Crippen LogP contribution in [0.2, 0.25) is 0 Å². The Morgan fingerprint density at radius 2 is 1.60 bits per heavy atom. The van der Waals surface area contributed by atoms with Gasteiger partial charge in [-0.25, -0.2) is 0 Å². The molecule has 0 N–H and O–H groups in total. The average molecular weight is 206 g/mol. The fourth-order valence-corrected chi connectivity index (χ4v) is 1.62. The second-order valence-electron chi connectivity index (χ2n) is 3.29. The normalized spacial score (nSPS) is 10.3. The summed E-state index contributed by atoms with van der Waals surface area (Å²) in [5.41, 5.74) is 2.45. The van der Waals surface area contributed by atoms with Crippen LogP contribution in [0.4, 0.5) is 0 Å². The lowest BCUT2D eigenvalue weighted by atomic mass is 9.75. The maximum atomic E-state index is 5.59. The van der Waals surface area contributed by atoms with Gasteiger partial charge in [-0.15, -0.1) is 0 Å². The first-order valence-electron chi connectivity index (χ1n) is 5.64. The van der Waals surface area contributed by atoms with Gasteiger partial charge in [-0.2, -0.15) is 0 Å². The van der Waals surface area contributed by atoms with Crippen LogP contribution >= 0.6 is 0 Å². The molecule has 0 spiro atoms. The Hall–Kier alpha value is -0.795. The fraction of sp³-hybridized carbons (Fsp3) is 0.500. The molecule has 0 aliphatic heterocycles. The van der Waals surface area contributed by atoms with Crippen LogP contribution in [0.1, 0.15) is 26.3 Å². The molecule has 0 fully saturated rings. The number of hydrogen-bond donors (Lipinski definition) is 0. The first kappa shape index (κ1) is 12.3. The smallest absolute Gasteiger partial charge is 0.408 e. The van der Waals surface area contributed by atoms with Crippen molar-refractivity contribution in [3.8, 4) is 0 Å². The van der Waals surface area contributed by atoms with E-state index < -0.39 is 0 Å². The number of rotatable bonds is 6. The van der Waals surface area contributed by atoms with E-state index in [1.165, 1.54) is 5.56 Å². The minimum atomic E-state index is -0.212. The van der Waals surface area contributed by atoms with Crippen molar-refractivity contribution in [3.05, 3.63) is 29.8 Å². The standard InChI is InChI=1S/C12H19BO2/c1-4-11-9-7-8-10-12(11)13(14-5-2)15-6-3/h7-10H,4-6H2,1-3H3. The van der Waals surface area contributed by atoms with Crippen molar-refractivity contribution in [1.82, 2.24) is 0 Å². The quantitative estimate of drug-likeness (QED) is 0.663. The summed E-state index contributed by atoms with van der Waals surface area (Å²) in [6.45, 7) is 7.46. The van der Waals surface area contributed by atoms with Gasteiger partial charge < -0.3 is 9.31 Å². The molecule has 0 saturated heterocycles. The third-order valence-corrected chi connectivity index (χ3v) is 2.33. The summed E-state index contributed by atoms with van der Waals surface area (Å²) in [4.78, 5) is 0. The Morgan fingerprint density at radius 1 is 1.00 bits per heavy atom. The van der Waals surface area contributed by atoms with E-state index in [2.05, 4.69) is 25.1 Å². The average Bonchev–Trinajstić information content (AvgIpc) is 2.29. The van der Waals surface area contributed by atoms with Crippen LogP contribution in [-0.4, -0.2) is 20.3 Å². The highest BCUT2D eigenvalue weighted by Gasteiger charge is 2.22. The molecule has 1 rings (SSSR count). The summed E-state index contributed by atoms with van der Waals surface area (Å²) in [5, 5.41) is 0. The van der Waals surface area contributed by atoms with Gasteiger partial charge in [0.2, 0.25) is 0 Å². The Morgan fingerprint density at radius 3 is 2.13 bits per heavy atom. The van der Waals surface area contributed by atoms with Gasteiger partial charge in [0.25, 0.3) is 0 Å². The molecule has 1 aromatic rings. The van der Waals surface area contributed by atoms with E-state index in [1.807, 2.05) is 19.9 Å². The topological polar surface area (TPSA) is 18.5 Å². The fourth-order valence-electron chi connectivity index (χ4n) is 1.62. The highest BCUT2D eigenvalue weighted by Crippen LogP contribution is 2.01. The molecule has 3 heteroatoms. The summed E-state index contributed by atoms with van der Waals surface area (Å²) in [6, 6.07) is 8.28. The summed E-state index contributed by atoms with van der Waals surface area (Å²) in [6.07, 6.45) is 1.01. The van der Waals surface area contributed by atoms with E-state index in [0.29, 0.717) is 13.2 Å². The zero-order valence-electron chi connectivity index (χ0n) is 9.82. The molecule has 2 nitrogen and oxygen atoms in total. The van der Waals surface area contributed by atoms with E-state index in [-0.39, 0.29) is 7.12 Å². The zero-order valence-corrected chi connectivity index (χ0v) is 9.82. The van der Waals surface area contributed by atoms with Crippen LogP contribution in [0.3, 0.4) is 0 Å². The third-order valence-electron chi connectivity index (χ3n) is 2.33. The molecule has 0 saturated carbocycles. The zero-order chi connectivity index (χ0) is 11.1. The van der Waals surface area contributed by atoms with E-state index in [0.717, 1.165) is 11.9 Å². The number of hydrogen-bond acceptors (Lipinski definition) is 2. The molecular formula is C12H19BO2. The van der Waals surface area contributed by atoms with Gasteiger partial charge >= 0.3 is 7.12 Å². The van der Waals surface area contributed by atoms with Gasteiger partial charge in [0.15, 0.2) is 0 Å². The molecule has 0 atom stereocenters. The van der Waals surface area contributed by atoms with Crippen molar-refractivity contribution in [2.75, 3.05) is 13.2 Å². The molecule has 0 aliphatic rings. The van der Waals surface area contributed by atoms with Gasteiger partial charge in [0, 0.05) is 13.2 Å². The van der Waals surface area contributed by atoms with Gasteiger partial charge in [-0.3, -0.25) is 0 Å². The predicted octanol–water partition coefficient (Wildman–Crippen LogP) is 2.02. The minimum absolute atomic E-state index is 0.212. The SMILES string of the molecule is CCOB(OCC)c1ccccc1CC.